The van der Waals surface area contributed by atoms with Crippen LogP contribution in [0.4, 0.5) is 0 Å². The molecule has 82 valence electrons. The smallest absolute Gasteiger partial charge is 0.0112 e. The topological polar surface area (TPSA) is 0 Å². The van der Waals surface area contributed by atoms with Crippen molar-refractivity contribution in [1.82, 2.24) is 0 Å². The van der Waals surface area contributed by atoms with Crippen molar-refractivity contribution in [3.63, 3.8) is 0 Å². The van der Waals surface area contributed by atoms with Gasteiger partial charge >= 0.3 is 0 Å². The predicted molar refractivity (Wildman–Crippen MR) is 65.2 cm³/mol. The lowest BCUT2D eigenvalue weighted by molar-refractivity contribution is 0.613. The van der Waals surface area contributed by atoms with Gasteiger partial charge in [0.05, 0.1) is 0 Å². The Labute approximate surface area is 90.5 Å². The van der Waals surface area contributed by atoms with Crippen molar-refractivity contribution < 1.29 is 0 Å². The van der Waals surface area contributed by atoms with Gasteiger partial charge in [0.1, 0.15) is 0 Å². The zero-order valence-corrected chi connectivity index (χ0v) is 10.2. The van der Waals surface area contributed by atoms with Crippen molar-refractivity contribution in [2.24, 2.45) is 5.92 Å². The molecule has 0 amide bonds. The van der Waals surface area contributed by atoms with Crippen LogP contribution in [0.5, 0.6) is 0 Å². The van der Waals surface area contributed by atoms with E-state index in [1.54, 1.807) is 0 Å². The predicted octanol–water partition coefficient (Wildman–Crippen LogP) is 4.79. The Morgan fingerprint density at radius 1 is 0.857 bits per heavy atom. The maximum atomic E-state index is 3.26. The molecule has 0 nitrogen and oxygen atoms in total. The van der Waals surface area contributed by atoms with E-state index >= 15 is 0 Å². The van der Waals surface area contributed by atoms with Gasteiger partial charge in [-0.25, -0.2) is 0 Å². The molecule has 0 heterocycles. The third-order valence-corrected chi connectivity index (χ3v) is 2.29. The summed E-state index contributed by atoms with van der Waals surface area (Å²) in [5, 5.41) is 0. The minimum atomic E-state index is 0.729. The van der Waals surface area contributed by atoms with Crippen molar-refractivity contribution in [3.05, 3.63) is 0 Å². The van der Waals surface area contributed by atoms with Gasteiger partial charge in [0.2, 0.25) is 0 Å². The molecule has 14 heavy (non-hydrogen) atoms. The summed E-state index contributed by atoms with van der Waals surface area (Å²) < 4.78 is 0. The van der Waals surface area contributed by atoms with Crippen molar-refractivity contribution in [2.75, 3.05) is 0 Å². The van der Waals surface area contributed by atoms with Crippen LogP contribution in [-0.4, -0.2) is 0 Å². The van der Waals surface area contributed by atoms with E-state index < -0.39 is 0 Å². The third kappa shape index (κ3) is 11.6. The van der Waals surface area contributed by atoms with Crippen molar-refractivity contribution in [2.45, 2.75) is 72.1 Å². The molecule has 0 rings (SSSR count). The molecule has 0 bridgehead atoms. The highest BCUT2D eigenvalue weighted by atomic mass is 13.9. The van der Waals surface area contributed by atoms with Crippen LogP contribution in [0.2, 0.25) is 0 Å². The average molecular weight is 194 g/mol. The summed E-state index contributed by atoms with van der Waals surface area (Å²) in [6.45, 7) is 6.70. The Morgan fingerprint density at radius 2 is 1.50 bits per heavy atom. The SMILES string of the molecule is CCCCCCCCC#CCC(C)C. The fourth-order valence-electron chi connectivity index (χ4n) is 1.36. The summed E-state index contributed by atoms with van der Waals surface area (Å²) in [5.41, 5.74) is 0. The number of rotatable bonds is 7. The number of hydrogen-bond donors (Lipinski definition) is 0. The molecule has 0 heteroatoms. The van der Waals surface area contributed by atoms with Crippen LogP contribution in [0.3, 0.4) is 0 Å². The monoisotopic (exact) mass is 194 g/mol. The molecule has 0 aliphatic rings. The average Bonchev–Trinajstić information content (AvgIpc) is 2.15. The Balaban J connectivity index is 3.07. The maximum Gasteiger partial charge on any atom is 0.0112 e. The standard InChI is InChI=1S/C14H26/c1-4-5-6-7-8-9-10-11-12-13-14(2)3/h14H,4-10,13H2,1-3H3. The van der Waals surface area contributed by atoms with Gasteiger partial charge in [-0.2, -0.15) is 0 Å². The van der Waals surface area contributed by atoms with E-state index in [1.165, 1.54) is 38.5 Å². The normalized spacial score (nSPS) is 10.0. The summed E-state index contributed by atoms with van der Waals surface area (Å²) >= 11 is 0. The minimum absolute atomic E-state index is 0.729. The molecule has 0 atom stereocenters. The third-order valence-electron chi connectivity index (χ3n) is 2.29. The van der Waals surface area contributed by atoms with E-state index in [-0.39, 0.29) is 0 Å². The van der Waals surface area contributed by atoms with E-state index in [0.29, 0.717) is 0 Å². The zero-order valence-electron chi connectivity index (χ0n) is 10.2. The minimum Gasteiger partial charge on any atom is -0.103 e. The van der Waals surface area contributed by atoms with E-state index in [0.717, 1.165) is 18.8 Å². The first-order valence-corrected chi connectivity index (χ1v) is 6.23. The molecule has 0 radical (unpaired) electrons. The molecule has 0 aliphatic carbocycles. The molecule has 0 saturated heterocycles. The van der Waals surface area contributed by atoms with Crippen LogP contribution >= 0.6 is 0 Å². The molecule has 0 aromatic rings. The molecule has 0 unspecified atom stereocenters. The summed E-state index contributed by atoms with van der Waals surface area (Å²) in [6.07, 6.45) is 10.4. The molecule has 0 aromatic heterocycles. The Bertz CT molecular complexity index is 157. The highest BCUT2D eigenvalue weighted by Crippen LogP contribution is 2.06. The Hall–Kier alpha value is -0.440. The van der Waals surface area contributed by atoms with Crippen LogP contribution < -0.4 is 0 Å². The van der Waals surface area contributed by atoms with Gasteiger partial charge in [-0.3, -0.25) is 0 Å². The Kier molecular flexibility index (Phi) is 10.3. The molecule has 0 N–H and O–H groups in total. The highest BCUT2D eigenvalue weighted by Gasteiger charge is 1.88. The van der Waals surface area contributed by atoms with Gasteiger partial charge in [0.15, 0.2) is 0 Å². The molecule has 0 aliphatic heterocycles. The number of hydrogen-bond acceptors (Lipinski definition) is 0. The first-order chi connectivity index (χ1) is 6.77. The zero-order chi connectivity index (χ0) is 10.6. The van der Waals surface area contributed by atoms with Crippen molar-refractivity contribution in [1.29, 1.82) is 0 Å². The second-order valence-electron chi connectivity index (χ2n) is 4.47. The van der Waals surface area contributed by atoms with Crippen LogP contribution in [0.15, 0.2) is 0 Å². The van der Waals surface area contributed by atoms with Crippen LogP contribution in [0.1, 0.15) is 72.1 Å². The lowest BCUT2D eigenvalue weighted by Gasteiger charge is -1.97. The largest absolute Gasteiger partial charge is 0.103 e. The van der Waals surface area contributed by atoms with Crippen LogP contribution in [0.25, 0.3) is 0 Å². The fraction of sp³-hybridized carbons (Fsp3) is 0.857. The second kappa shape index (κ2) is 10.6. The first-order valence-electron chi connectivity index (χ1n) is 6.23. The fourth-order valence-corrected chi connectivity index (χ4v) is 1.36. The molecule has 0 fully saturated rings. The van der Waals surface area contributed by atoms with Crippen LogP contribution in [-0.2, 0) is 0 Å². The number of unbranched alkanes of at least 4 members (excludes halogenated alkanes) is 6. The first kappa shape index (κ1) is 13.6. The van der Waals surface area contributed by atoms with Gasteiger partial charge in [-0.1, -0.05) is 52.9 Å². The highest BCUT2D eigenvalue weighted by molar-refractivity contribution is 4.98. The van der Waals surface area contributed by atoms with Crippen LogP contribution in [0, 0.1) is 17.8 Å². The summed E-state index contributed by atoms with van der Waals surface area (Å²) in [4.78, 5) is 0. The maximum absolute atomic E-state index is 3.26. The molecular weight excluding hydrogens is 168 g/mol. The lowest BCUT2D eigenvalue weighted by Crippen LogP contribution is -1.82. The molecule has 0 spiro atoms. The van der Waals surface area contributed by atoms with E-state index in [9.17, 15) is 0 Å². The second-order valence-corrected chi connectivity index (χ2v) is 4.47. The van der Waals surface area contributed by atoms with Gasteiger partial charge in [0, 0.05) is 12.8 Å². The van der Waals surface area contributed by atoms with E-state index in [4.69, 9.17) is 0 Å². The van der Waals surface area contributed by atoms with E-state index in [2.05, 4.69) is 32.6 Å². The Morgan fingerprint density at radius 3 is 2.14 bits per heavy atom. The molecule has 0 aromatic carbocycles. The summed E-state index contributed by atoms with van der Waals surface area (Å²) in [6, 6.07) is 0. The van der Waals surface area contributed by atoms with Gasteiger partial charge in [-0.05, 0) is 12.3 Å². The quantitative estimate of drug-likeness (QED) is 0.404. The van der Waals surface area contributed by atoms with Crippen molar-refractivity contribution >= 4 is 0 Å². The van der Waals surface area contributed by atoms with Gasteiger partial charge in [0.25, 0.3) is 0 Å². The summed E-state index contributed by atoms with van der Waals surface area (Å²) in [7, 11) is 0. The van der Waals surface area contributed by atoms with Gasteiger partial charge < -0.3 is 0 Å². The molecule has 0 saturated carbocycles. The van der Waals surface area contributed by atoms with Crippen molar-refractivity contribution in [3.8, 4) is 11.8 Å². The van der Waals surface area contributed by atoms with E-state index in [1.807, 2.05) is 0 Å². The summed E-state index contributed by atoms with van der Waals surface area (Å²) in [5.74, 6) is 7.22. The van der Waals surface area contributed by atoms with Gasteiger partial charge in [-0.15, -0.1) is 11.8 Å². The molecular formula is C14H26. The lowest BCUT2D eigenvalue weighted by atomic mass is 10.1.